The molecule has 7 heteroatoms. The van der Waals surface area contributed by atoms with Gasteiger partial charge in [0.1, 0.15) is 11.6 Å². The van der Waals surface area contributed by atoms with Crippen molar-refractivity contribution in [2.24, 2.45) is 0 Å². The van der Waals surface area contributed by atoms with Gasteiger partial charge in [0.05, 0.1) is 11.4 Å². The van der Waals surface area contributed by atoms with Crippen molar-refractivity contribution in [3.63, 3.8) is 0 Å². The van der Waals surface area contributed by atoms with Crippen LogP contribution in [0.2, 0.25) is 0 Å². The number of rotatable bonds is 5. The molecule has 2 N–H and O–H groups in total. The molecule has 0 spiro atoms. The van der Waals surface area contributed by atoms with E-state index in [1.54, 1.807) is 12.3 Å². The number of halogens is 1. The summed E-state index contributed by atoms with van der Waals surface area (Å²) < 4.78 is 14.2. The van der Waals surface area contributed by atoms with Crippen LogP contribution in [0.5, 0.6) is 0 Å². The smallest absolute Gasteiger partial charge is 0.248 e. The molecule has 0 bridgehead atoms. The molecule has 0 atom stereocenters. The summed E-state index contributed by atoms with van der Waals surface area (Å²) >= 11 is 0. The van der Waals surface area contributed by atoms with E-state index in [9.17, 15) is 9.18 Å². The predicted molar refractivity (Wildman–Crippen MR) is 103 cm³/mol. The molecule has 2 aromatic rings. The van der Waals surface area contributed by atoms with Gasteiger partial charge in [0.25, 0.3) is 0 Å². The van der Waals surface area contributed by atoms with Crippen LogP contribution < -0.4 is 10.6 Å². The Labute approximate surface area is 162 Å². The van der Waals surface area contributed by atoms with Crippen LogP contribution in [0.1, 0.15) is 37.1 Å². The van der Waals surface area contributed by atoms with Crippen molar-refractivity contribution in [3.05, 3.63) is 64.9 Å². The zero-order valence-electron chi connectivity index (χ0n) is 15.3. The number of hydrogen-bond acceptors (Lipinski definition) is 5. The maximum atomic E-state index is 14.2. The van der Waals surface area contributed by atoms with Crippen LogP contribution >= 0.6 is 0 Å². The highest BCUT2D eigenvalue weighted by atomic mass is 19.1. The van der Waals surface area contributed by atoms with Gasteiger partial charge in [-0.05, 0) is 48.3 Å². The molecule has 1 fully saturated rings. The van der Waals surface area contributed by atoms with Crippen molar-refractivity contribution < 1.29 is 9.18 Å². The lowest BCUT2D eigenvalue weighted by Gasteiger charge is -2.41. The average Bonchev–Trinajstić information content (AvgIpc) is 3.25. The van der Waals surface area contributed by atoms with E-state index in [4.69, 9.17) is 0 Å². The molecule has 0 radical (unpaired) electrons. The first kappa shape index (κ1) is 17.0. The molecule has 28 heavy (non-hydrogen) atoms. The van der Waals surface area contributed by atoms with Crippen molar-refractivity contribution in [1.82, 2.24) is 20.5 Å². The fourth-order valence-corrected chi connectivity index (χ4v) is 4.22. The van der Waals surface area contributed by atoms with E-state index in [1.165, 1.54) is 6.07 Å². The van der Waals surface area contributed by atoms with E-state index < -0.39 is 0 Å². The molecule has 2 aliphatic carbocycles. The number of pyridine rings is 1. The molecule has 0 aromatic carbocycles. The number of nitrogens with one attached hydrogen (secondary N) is 2. The Morgan fingerprint density at radius 3 is 2.79 bits per heavy atom. The normalized spacial score (nSPS) is 19.8. The second-order valence-electron chi connectivity index (χ2n) is 7.66. The summed E-state index contributed by atoms with van der Waals surface area (Å²) in [4.78, 5) is 16.0. The van der Waals surface area contributed by atoms with Crippen molar-refractivity contribution in [3.8, 4) is 0 Å². The molecule has 6 nitrogen and oxygen atoms in total. The van der Waals surface area contributed by atoms with Crippen LogP contribution in [-0.2, 0) is 10.2 Å². The van der Waals surface area contributed by atoms with E-state index in [1.807, 2.05) is 18.2 Å². The Morgan fingerprint density at radius 1 is 1.21 bits per heavy atom. The Kier molecular flexibility index (Phi) is 3.96. The summed E-state index contributed by atoms with van der Waals surface area (Å²) in [6, 6.07) is 6.89. The fraction of sp³-hybridized carbons (Fsp3) is 0.333. The van der Waals surface area contributed by atoms with Gasteiger partial charge in [0, 0.05) is 36.7 Å². The van der Waals surface area contributed by atoms with Crippen LogP contribution in [0, 0.1) is 5.82 Å². The lowest BCUT2D eigenvalue weighted by Crippen LogP contribution is -2.42. The number of allylic oxidation sites excluding steroid dienone is 1. The molecule has 0 unspecified atom stereocenters. The van der Waals surface area contributed by atoms with Crippen molar-refractivity contribution in [1.29, 1.82) is 0 Å². The summed E-state index contributed by atoms with van der Waals surface area (Å²) in [6.45, 7) is 1.17. The van der Waals surface area contributed by atoms with Gasteiger partial charge >= 0.3 is 0 Å². The van der Waals surface area contributed by atoms with Gasteiger partial charge in [-0.15, -0.1) is 10.2 Å². The zero-order chi connectivity index (χ0) is 19.1. The van der Waals surface area contributed by atoms with Gasteiger partial charge < -0.3 is 10.6 Å². The third kappa shape index (κ3) is 2.78. The Balaban J connectivity index is 1.27. The minimum absolute atomic E-state index is 0.0139. The molecular weight excluding hydrogens is 357 g/mol. The molecule has 2 aromatic heterocycles. The summed E-state index contributed by atoms with van der Waals surface area (Å²) in [5, 5.41) is 14.7. The quantitative estimate of drug-likeness (QED) is 0.838. The number of aromatic nitrogens is 3. The topological polar surface area (TPSA) is 79.8 Å². The number of amides is 1. The maximum absolute atomic E-state index is 14.2. The predicted octanol–water partition coefficient (Wildman–Crippen LogP) is 2.76. The number of hydrogen-bond donors (Lipinski definition) is 2. The van der Waals surface area contributed by atoms with E-state index in [-0.39, 0.29) is 17.1 Å². The number of carbonyl (C=O) groups is 1. The summed E-state index contributed by atoms with van der Waals surface area (Å²) in [6.07, 6.45) is 7.16. The van der Waals surface area contributed by atoms with Gasteiger partial charge in [-0.2, -0.15) is 0 Å². The van der Waals surface area contributed by atoms with E-state index in [0.29, 0.717) is 31.0 Å². The summed E-state index contributed by atoms with van der Waals surface area (Å²) in [7, 11) is 0. The molecular formula is C21H20FN5O. The number of carbonyl (C=O) groups excluding carboxylic acids is 1. The second kappa shape index (κ2) is 6.51. The zero-order valence-corrected chi connectivity index (χ0v) is 15.3. The lowest BCUT2D eigenvalue weighted by molar-refractivity contribution is -0.116. The second-order valence-corrected chi connectivity index (χ2v) is 7.66. The Bertz CT molecular complexity index is 1010. The van der Waals surface area contributed by atoms with Gasteiger partial charge in [-0.3, -0.25) is 9.78 Å². The van der Waals surface area contributed by atoms with Crippen LogP contribution in [0.25, 0.3) is 5.57 Å². The first-order chi connectivity index (χ1) is 13.6. The molecule has 1 aliphatic heterocycles. The van der Waals surface area contributed by atoms with Crippen LogP contribution in [0.3, 0.4) is 0 Å². The molecule has 3 aliphatic rings. The number of anilines is 1. The van der Waals surface area contributed by atoms with Crippen LogP contribution in [-0.4, -0.2) is 34.2 Å². The van der Waals surface area contributed by atoms with E-state index in [2.05, 4.69) is 25.8 Å². The maximum Gasteiger partial charge on any atom is 0.248 e. The summed E-state index contributed by atoms with van der Waals surface area (Å²) in [5.74, 6) is 0.423. The van der Waals surface area contributed by atoms with E-state index >= 15 is 0 Å². The Morgan fingerprint density at radius 2 is 2.11 bits per heavy atom. The molecule has 3 heterocycles. The third-order valence-electron chi connectivity index (χ3n) is 5.99. The average molecular weight is 377 g/mol. The highest BCUT2D eigenvalue weighted by molar-refractivity contribution is 6.02. The van der Waals surface area contributed by atoms with Crippen LogP contribution in [0.15, 0.2) is 47.7 Å². The molecule has 142 valence electrons. The van der Waals surface area contributed by atoms with Gasteiger partial charge in [0.15, 0.2) is 0 Å². The van der Waals surface area contributed by atoms with Gasteiger partial charge in [0.2, 0.25) is 5.91 Å². The van der Waals surface area contributed by atoms with Crippen molar-refractivity contribution in [2.75, 3.05) is 18.4 Å². The largest absolute Gasteiger partial charge is 0.368 e. The first-order valence-electron chi connectivity index (χ1n) is 9.54. The van der Waals surface area contributed by atoms with Gasteiger partial charge in [-0.1, -0.05) is 12.5 Å². The molecule has 0 saturated heterocycles. The minimum Gasteiger partial charge on any atom is -0.368 e. The fourth-order valence-electron chi connectivity index (χ4n) is 4.22. The minimum atomic E-state index is -0.280. The highest BCUT2D eigenvalue weighted by Crippen LogP contribution is 2.43. The molecule has 1 amide bonds. The van der Waals surface area contributed by atoms with Gasteiger partial charge in [-0.25, -0.2) is 4.39 Å². The van der Waals surface area contributed by atoms with E-state index in [0.717, 1.165) is 41.7 Å². The number of nitrogens with zero attached hydrogens (tertiary/aromatic N) is 3. The third-order valence-corrected chi connectivity index (χ3v) is 5.99. The lowest BCUT2D eigenvalue weighted by atomic mass is 9.66. The Hall–Kier alpha value is -3.09. The summed E-state index contributed by atoms with van der Waals surface area (Å²) in [5.41, 5.74) is 3.94. The van der Waals surface area contributed by atoms with Crippen molar-refractivity contribution in [2.45, 2.75) is 31.1 Å². The highest BCUT2D eigenvalue weighted by Gasteiger charge is 2.41. The SMILES string of the molecule is O=C1NCC2=C1CC(c1ccc(NCC3(c4ncccc4F)CCC3)nn1)=C2. The van der Waals surface area contributed by atoms with Crippen LogP contribution in [0.4, 0.5) is 10.2 Å². The standard InChI is InChI=1S/C21H20FN5O/c22-16-3-1-8-23-19(16)21(6-2-7-21)12-25-18-5-4-17(26-27-18)13-9-14-11-24-20(28)15(14)10-13/h1,3-5,8-9H,2,6-7,10-12H2,(H,24,28)(H,25,27). The molecule has 5 rings (SSSR count). The van der Waals surface area contributed by atoms with Crippen molar-refractivity contribution >= 4 is 17.3 Å². The first-order valence-corrected chi connectivity index (χ1v) is 9.54. The molecule has 1 saturated carbocycles. The monoisotopic (exact) mass is 377 g/mol.